The molecular weight excluding hydrogens is 368 g/mol. The van der Waals surface area contributed by atoms with Gasteiger partial charge in [-0.2, -0.15) is 11.8 Å². The standard InChI is InChI=1S/C19H24N2O3S2/c1-15-8-4-5-9-16(15)14-25-13-12-20-19(22)17-10-6-7-11-18(17)21(2)26(3,23)24/h4-11H,12-14H2,1-3H3,(H,20,22). The lowest BCUT2D eigenvalue weighted by atomic mass is 10.1. The van der Waals surface area contributed by atoms with Gasteiger partial charge in [0.2, 0.25) is 10.0 Å². The lowest BCUT2D eigenvalue weighted by Gasteiger charge is -2.19. The van der Waals surface area contributed by atoms with Gasteiger partial charge in [-0.05, 0) is 30.2 Å². The minimum absolute atomic E-state index is 0.271. The van der Waals surface area contributed by atoms with Gasteiger partial charge < -0.3 is 5.32 Å². The van der Waals surface area contributed by atoms with Crippen LogP contribution in [0.4, 0.5) is 5.69 Å². The van der Waals surface area contributed by atoms with Crippen LogP contribution in [0.5, 0.6) is 0 Å². The maximum absolute atomic E-state index is 12.4. The zero-order chi connectivity index (χ0) is 19.2. The smallest absolute Gasteiger partial charge is 0.253 e. The predicted molar refractivity (Wildman–Crippen MR) is 109 cm³/mol. The molecule has 0 aliphatic carbocycles. The topological polar surface area (TPSA) is 66.5 Å². The van der Waals surface area contributed by atoms with Gasteiger partial charge in [0.1, 0.15) is 0 Å². The summed E-state index contributed by atoms with van der Waals surface area (Å²) < 4.78 is 24.6. The Morgan fingerprint density at radius 2 is 1.77 bits per heavy atom. The Kier molecular flexibility index (Phi) is 7.11. The third-order valence-electron chi connectivity index (χ3n) is 4.04. The number of nitrogens with zero attached hydrogens (tertiary/aromatic N) is 1. The van der Waals surface area contributed by atoms with Crippen molar-refractivity contribution in [3.8, 4) is 0 Å². The van der Waals surface area contributed by atoms with Crippen molar-refractivity contribution in [2.45, 2.75) is 12.7 Å². The van der Waals surface area contributed by atoms with Gasteiger partial charge in [-0.3, -0.25) is 9.10 Å². The van der Waals surface area contributed by atoms with Crippen molar-refractivity contribution in [2.24, 2.45) is 0 Å². The quantitative estimate of drug-likeness (QED) is 0.701. The van der Waals surface area contributed by atoms with Crippen molar-refractivity contribution in [1.82, 2.24) is 5.32 Å². The number of anilines is 1. The van der Waals surface area contributed by atoms with Crippen molar-refractivity contribution in [3.05, 3.63) is 65.2 Å². The first kappa shape index (κ1) is 20.3. The van der Waals surface area contributed by atoms with E-state index in [9.17, 15) is 13.2 Å². The highest BCUT2D eigenvalue weighted by molar-refractivity contribution is 7.98. The minimum atomic E-state index is -3.43. The van der Waals surface area contributed by atoms with Crippen LogP contribution in [0.3, 0.4) is 0 Å². The van der Waals surface area contributed by atoms with E-state index in [2.05, 4.69) is 24.4 Å². The van der Waals surface area contributed by atoms with Crippen LogP contribution < -0.4 is 9.62 Å². The van der Waals surface area contributed by atoms with E-state index < -0.39 is 10.0 Å². The number of hydrogen-bond donors (Lipinski definition) is 1. The van der Waals surface area contributed by atoms with Gasteiger partial charge >= 0.3 is 0 Å². The van der Waals surface area contributed by atoms with Gasteiger partial charge in [0, 0.05) is 25.1 Å². The van der Waals surface area contributed by atoms with E-state index in [0.717, 1.165) is 22.1 Å². The maximum atomic E-state index is 12.4. The fraction of sp³-hybridized carbons (Fsp3) is 0.316. The zero-order valence-corrected chi connectivity index (χ0v) is 16.9. The second kappa shape index (κ2) is 9.09. The van der Waals surface area contributed by atoms with E-state index in [1.165, 1.54) is 18.2 Å². The number of rotatable bonds is 8. The second-order valence-electron chi connectivity index (χ2n) is 5.98. The summed E-state index contributed by atoms with van der Waals surface area (Å²) in [5.74, 6) is 1.41. The van der Waals surface area contributed by atoms with Crippen LogP contribution in [-0.4, -0.2) is 39.9 Å². The molecule has 26 heavy (non-hydrogen) atoms. The molecule has 140 valence electrons. The summed E-state index contributed by atoms with van der Waals surface area (Å²) in [5.41, 5.74) is 3.29. The molecule has 0 radical (unpaired) electrons. The molecule has 0 saturated carbocycles. The zero-order valence-electron chi connectivity index (χ0n) is 15.2. The first-order valence-electron chi connectivity index (χ1n) is 8.24. The molecule has 0 aliphatic rings. The summed E-state index contributed by atoms with van der Waals surface area (Å²) in [6, 6.07) is 14.9. The van der Waals surface area contributed by atoms with Crippen molar-refractivity contribution < 1.29 is 13.2 Å². The Balaban J connectivity index is 1.90. The molecule has 0 fully saturated rings. The number of hydrogen-bond acceptors (Lipinski definition) is 4. The number of aryl methyl sites for hydroxylation is 1. The molecule has 2 aromatic rings. The number of amides is 1. The molecule has 0 spiro atoms. The molecule has 0 heterocycles. The number of para-hydroxylation sites is 1. The van der Waals surface area contributed by atoms with Crippen LogP contribution in [0.1, 0.15) is 21.5 Å². The molecular formula is C19H24N2O3S2. The van der Waals surface area contributed by atoms with Crippen LogP contribution in [-0.2, 0) is 15.8 Å². The van der Waals surface area contributed by atoms with Crippen LogP contribution in [0, 0.1) is 6.92 Å². The highest BCUT2D eigenvalue weighted by Crippen LogP contribution is 2.21. The normalized spacial score (nSPS) is 11.2. The van der Waals surface area contributed by atoms with Gasteiger partial charge in [-0.15, -0.1) is 0 Å². The number of carbonyl (C=O) groups is 1. The summed E-state index contributed by atoms with van der Waals surface area (Å²) in [4.78, 5) is 12.4. The molecule has 1 N–H and O–H groups in total. The van der Waals surface area contributed by atoms with Crippen LogP contribution >= 0.6 is 11.8 Å². The number of thioether (sulfide) groups is 1. The van der Waals surface area contributed by atoms with Gasteiger partial charge in [0.25, 0.3) is 5.91 Å². The summed E-state index contributed by atoms with van der Waals surface area (Å²) in [6.45, 7) is 2.61. The number of carbonyl (C=O) groups excluding carboxylic acids is 1. The van der Waals surface area contributed by atoms with Crippen molar-refractivity contribution in [1.29, 1.82) is 0 Å². The number of benzene rings is 2. The Bertz CT molecular complexity index is 867. The van der Waals surface area contributed by atoms with Crippen LogP contribution in [0.2, 0.25) is 0 Å². The molecule has 2 rings (SSSR count). The van der Waals surface area contributed by atoms with Crippen molar-refractivity contribution in [2.75, 3.05) is 29.9 Å². The Labute approximate surface area is 159 Å². The van der Waals surface area contributed by atoms with Gasteiger partial charge in [-0.25, -0.2) is 8.42 Å². The SMILES string of the molecule is Cc1ccccc1CSCCNC(=O)c1ccccc1N(C)S(C)(=O)=O. The fourth-order valence-corrected chi connectivity index (χ4v) is 3.86. The summed E-state index contributed by atoms with van der Waals surface area (Å²) in [5, 5.41) is 2.87. The van der Waals surface area contributed by atoms with Crippen molar-refractivity contribution in [3.63, 3.8) is 0 Å². The molecule has 2 aromatic carbocycles. The molecule has 7 heteroatoms. The lowest BCUT2D eigenvalue weighted by molar-refractivity contribution is 0.0957. The van der Waals surface area contributed by atoms with Gasteiger partial charge in [0.15, 0.2) is 0 Å². The van der Waals surface area contributed by atoms with E-state index in [0.29, 0.717) is 17.8 Å². The van der Waals surface area contributed by atoms with E-state index in [1.54, 1.807) is 36.0 Å². The number of nitrogens with one attached hydrogen (secondary N) is 1. The monoisotopic (exact) mass is 392 g/mol. The molecule has 0 atom stereocenters. The van der Waals surface area contributed by atoms with Gasteiger partial charge in [-0.1, -0.05) is 36.4 Å². The molecule has 0 unspecified atom stereocenters. The first-order chi connectivity index (χ1) is 12.3. The molecule has 5 nitrogen and oxygen atoms in total. The number of sulfonamides is 1. The second-order valence-corrected chi connectivity index (χ2v) is 9.10. The predicted octanol–water partition coefficient (Wildman–Crippen LogP) is 3.05. The fourth-order valence-electron chi connectivity index (χ4n) is 2.41. The largest absolute Gasteiger partial charge is 0.351 e. The van der Waals surface area contributed by atoms with Crippen molar-refractivity contribution >= 4 is 33.4 Å². The van der Waals surface area contributed by atoms with E-state index in [4.69, 9.17) is 0 Å². The molecule has 0 aromatic heterocycles. The highest BCUT2D eigenvalue weighted by atomic mass is 32.2. The minimum Gasteiger partial charge on any atom is -0.351 e. The molecule has 0 aliphatic heterocycles. The molecule has 0 bridgehead atoms. The third-order valence-corrected chi connectivity index (χ3v) is 6.24. The third kappa shape index (κ3) is 5.51. The first-order valence-corrected chi connectivity index (χ1v) is 11.2. The maximum Gasteiger partial charge on any atom is 0.253 e. The summed E-state index contributed by atoms with van der Waals surface area (Å²) in [7, 11) is -1.98. The Morgan fingerprint density at radius 3 is 2.46 bits per heavy atom. The lowest BCUT2D eigenvalue weighted by Crippen LogP contribution is -2.30. The van der Waals surface area contributed by atoms with Crippen LogP contribution in [0.25, 0.3) is 0 Å². The summed E-state index contributed by atoms with van der Waals surface area (Å²) >= 11 is 1.75. The molecule has 1 amide bonds. The van der Waals surface area contributed by atoms with Gasteiger partial charge in [0.05, 0.1) is 17.5 Å². The van der Waals surface area contributed by atoms with E-state index >= 15 is 0 Å². The molecule has 0 saturated heterocycles. The average molecular weight is 393 g/mol. The Morgan fingerprint density at radius 1 is 1.12 bits per heavy atom. The van der Waals surface area contributed by atoms with E-state index in [1.807, 2.05) is 12.1 Å². The van der Waals surface area contributed by atoms with E-state index in [-0.39, 0.29) is 5.91 Å². The average Bonchev–Trinajstić information content (AvgIpc) is 2.61. The van der Waals surface area contributed by atoms with Crippen LogP contribution in [0.15, 0.2) is 48.5 Å². The highest BCUT2D eigenvalue weighted by Gasteiger charge is 2.19. The summed E-state index contributed by atoms with van der Waals surface area (Å²) in [6.07, 6.45) is 1.11. The Hall–Kier alpha value is -1.99.